The normalized spacial score (nSPS) is 11.3. The molecule has 0 atom stereocenters. The van der Waals surface area contributed by atoms with Gasteiger partial charge in [-0.05, 0) is 82.5 Å². The van der Waals surface area contributed by atoms with Crippen molar-refractivity contribution in [2.24, 2.45) is 0 Å². The molecule has 0 radical (unpaired) electrons. The Kier molecular flexibility index (Phi) is 6.22. The second-order valence-corrected chi connectivity index (χ2v) is 9.91. The zero-order valence-electron chi connectivity index (χ0n) is 21.4. The molecule has 1 N–H and O–H groups in total. The summed E-state index contributed by atoms with van der Waals surface area (Å²) in [6, 6.07) is 16.3. The molecule has 0 saturated carbocycles. The molecule has 6 nitrogen and oxygen atoms in total. The van der Waals surface area contributed by atoms with Crippen molar-refractivity contribution in [3.8, 4) is 5.82 Å². The van der Waals surface area contributed by atoms with Gasteiger partial charge in [-0.1, -0.05) is 35.4 Å². The van der Waals surface area contributed by atoms with Gasteiger partial charge in [0.15, 0.2) is 5.82 Å². The fourth-order valence-electron chi connectivity index (χ4n) is 4.68. The number of fused-ring (bicyclic) bond motifs is 1. The van der Waals surface area contributed by atoms with Crippen LogP contribution in [-0.4, -0.2) is 24.7 Å². The van der Waals surface area contributed by atoms with E-state index in [4.69, 9.17) is 26.7 Å². The van der Waals surface area contributed by atoms with Crippen molar-refractivity contribution < 1.29 is 0 Å². The zero-order chi connectivity index (χ0) is 25.6. The van der Waals surface area contributed by atoms with Crippen LogP contribution in [0.15, 0.2) is 48.5 Å². The molecular weight excluding hydrogens is 468 g/mol. The van der Waals surface area contributed by atoms with Crippen LogP contribution < -0.4 is 5.32 Å². The highest BCUT2D eigenvalue weighted by atomic mass is 35.5. The van der Waals surface area contributed by atoms with E-state index in [1.54, 1.807) is 0 Å². The molecule has 0 unspecified atom stereocenters. The Balaban J connectivity index is 1.59. The largest absolute Gasteiger partial charge is 0.324 e. The lowest BCUT2D eigenvalue weighted by Crippen LogP contribution is -2.10. The number of anilines is 2. The topological polar surface area (TPSA) is 68.5 Å². The number of aromatic nitrogens is 5. The van der Waals surface area contributed by atoms with E-state index in [1.165, 1.54) is 10.9 Å². The molecule has 0 fully saturated rings. The molecule has 0 amide bonds. The van der Waals surface area contributed by atoms with Gasteiger partial charge in [-0.25, -0.2) is 15.0 Å². The van der Waals surface area contributed by atoms with Gasteiger partial charge >= 0.3 is 0 Å². The average Bonchev–Trinajstić information content (AvgIpc) is 3.18. The Bertz CT molecular complexity index is 1600. The summed E-state index contributed by atoms with van der Waals surface area (Å²) in [5.41, 5.74) is 8.54. The Morgan fingerprint density at radius 3 is 2.33 bits per heavy atom. The third-order valence-corrected chi connectivity index (χ3v) is 6.61. The van der Waals surface area contributed by atoms with Crippen LogP contribution >= 0.6 is 11.6 Å². The third kappa shape index (κ3) is 4.69. The standard InChI is InChI=1S/C29H29ClN6/c1-16-11-18(3)28-24(12-16)17(2)13-26(33-28)36-27(14-19(4)35-36)34-29-25(20(5)31-21(6)32-29)15-22-7-9-23(30)10-8-22/h7-14H,15H2,1-6H3,(H,31,32,34). The second-order valence-electron chi connectivity index (χ2n) is 9.47. The van der Waals surface area contributed by atoms with E-state index >= 15 is 0 Å². The molecule has 36 heavy (non-hydrogen) atoms. The lowest BCUT2D eigenvalue weighted by Gasteiger charge is -2.16. The second kappa shape index (κ2) is 9.36. The number of benzene rings is 2. The molecule has 5 aromatic rings. The van der Waals surface area contributed by atoms with Crippen LogP contribution in [0.5, 0.6) is 0 Å². The molecule has 0 aliphatic heterocycles. The number of halogens is 1. The summed E-state index contributed by atoms with van der Waals surface area (Å²) in [5, 5.41) is 10.2. The summed E-state index contributed by atoms with van der Waals surface area (Å²) in [7, 11) is 0. The smallest absolute Gasteiger partial charge is 0.156 e. The van der Waals surface area contributed by atoms with Gasteiger partial charge in [0.25, 0.3) is 0 Å². The maximum absolute atomic E-state index is 6.10. The Morgan fingerprint density at radius 2 is 1.58 bits per heavy atom. The van der Waals surface area contributed by atoms with Crippen LogP contribution in [0.25, 0.3) is 16.7 Å². The minimum atomic E-state index is 0.685. The van der Waals surface area contributed by atoms with Crippen molar-refractivity contribution in [2.45, 2.75) is 48.0 Å². The number of aryl methyl sites for hydroxylation is 6. The highest BCUT2D eigenvalue weighted by Gasteiger charge is 2.17. The molecule has 0 saturated heterocycles. The first-order valence-electron chi connectivity index (χ1n) is 12.0. The quantitative estimate of drug-likeness (QED) is 0.282. The van der Waals surface area contributed by atoms with Crippen LogP contribution in [0.1, 0.15) is 45.0 Å². The number of rotatable bonds is 5. The summed E-state index contributed by atoms with van der Waals surface area (Å²) >= 11 is 6.10. The Morgan fingerprint density at radius 1 is 0.833 bits per heavy atom. The fourth-order valence-corrected chi connectivity index (χ4v) is 4.80. The Hall–Kier alpha value is -3.77. The van der Waals surface area contributed by atoms with Gasteiger partial charge in [0.05, 0.1) is 11.2 Å². The molecule has 7 heteroatoms. The van der Waals surface area contributed by atoms with E-state index in [1.807, 2.05) is 55.8 Å². The molecule has 0 aliphatic carbocycles. The number of pyridine rings is 1. The number of hydrogen-bond donors (Lipinski definition) is 1. The van der Waals surface area contributed by atoms with Crippen molar-refractivity contribution in [3.63, 3.8) is 0 Å². The lowest BCUT2D eigenvalue weighted by molar-refractivity contribution is 0.840. The van der Waals surface area contributed by atoms with Crippen LogP contribution in [0, 0.1) is 41.5 Å². The van der Waals surface area contributed by atoms with Crippen molar-refractivity contribution >= 4 is 34.1 Å². The molecule has 0 bridgehead atoms. The molecule has 182 valence electrons. The summed E-state index contributed by atoms with van der Waals surface area (Å²) in [6.07, 6.45) is 0.685. The van der Waals surface area contributed by atoms with Crippen LogP contribution in [0.3, 0.4) is 0 Å². The SMILES string of the molecule is Cc1cc(C)c2nc(-n3nc(C)cc3Nc3nc(C)nc(C)c3Cc3ccc(Cl)cc3)cc(C)c2c1. The lowest BCUT2D eigenvalue weighted by atomic mass is 10.0. The zero-order valence-corrected chi connectivity index (χ0v) is 22.2. The van der Waals surface area contributed by atoms with E-state index in [9.17, 15) is 0 Å². The van der Waals surface area contributed by atoms with Crippen molar-refractivity contribution in [3.05, 3.63) is 98.6 Å². The predicted molar refractivity (Wildman–Crippen MR) is 147 cm³/mol. The van der Waals surface area contributed by atoms with Crippen LogP contribution in [0.4, 0.5) is 11.6 Å². The van der Waals surface area contributed by atoms with Gasteiger partial charge in [0.1, 0.15) is 17.5 Å². The average molecular weight is 497 g/mol. The van der Waals surface area contributed by atoms with Crippen LogP contribution in [0.2, 0.25) is 5.02 Å². The van der Waals surface area contributed by atoms with E-state index in [0.29, 0.717) is 12.2 Å². The summed E-state index contributed by atoms with van der Waals surface area (Å²) in [6.45, 7) is 12.3. The van der Waals surface area contributed by atoms with Crippen LogP contribution in [-0.2, 0) is 6.42 Å². The maximum Gasteiger partial charge on any atom is 0.156 e. The molecular formula is C29H29ClN6. The van der Waals surface area contributed by atoms with E-state index < -0.39 is 0 Å². The van der Waals surface area contributed by atoms with Crippen molar-refractivity contribution in [2.75, 3.05) is 5.32 Å². The molecule has 0 spiro atoms. The van der Waals surface area contributed by atoms with Crippen molar-refractivity contribution in [1.29, 1.82) is 0 Å². The number of nitrogens with zero attached hydrogens (tertiary/aromatic N) is 5. The molecule has 3 heterocycles. The molecule has 5 rings (SSSR count). The molecule has 0 aliphatic rings. The van der Waals surface area contributed by atoms with E-state index in [0.717, 1.165) is 61.6 Å². The molecule has 3 aromatic heterocycles. The highest BCUT2D eigenvalue weighted by molar-refractivity contribution is 6.30. The highest BCUT2D eigenvalue weighted by Crippen LogP contribution is 2.29. The van der Waals surface area contributed by atoms with Gasteiger partial charge in [-0.3, -0.25) is 0 Å². The minimum absolute atomic E-state index is 0.685. The number of hydrogen-bond acceptors (Lipinski definition) is 5. The first-order valence-corrected chi connectivity index (χ1v) is 12.4. The summed E-state index contributed by atoms with van der Waals surface area (Å²) in [4.78, 5) is 14.4. The van der Waals surface area contributed by atoms with Crippen molar-refractivity contribution in [1.82, 2.24) is 24.7 Å². The minimum Gasteiger partial charge on any atom is -0.324 e. The summed E-state index contributed by atoms with van der Waals surface area (Å²) in [5.74, 6) is 3.05. The van der Waals surface area contributed by atoms with Gasteiger partial charge in [-0.2, -0.15) is 9.78 Å². The summed E-state index contributed by atoms with van der Waals surface area (Å²) < 4.78 is 1.86. The predicted octanol–water partition coefficient (Wildman–Crippen LogP) is 7.05. The maximum atomic E-state index is 6.10. The Labute approximate surface area is 216 Å². The molecule has 2 aromatic carbocycles. The van der Waals surface area contributed by atoms with Gasteiger partial charge in [-0.15, -0.1) is 0 Å². The monoisotopic (exact) mass is 496 g/mol. The van der Waals surface area contributed by atoms with Gasteiger partial charge < -0.3 is 5.32 Å². The van der Waals surface area contributed by atoms with Gasteiger partial charge in [0, 0.05) is 34.2 Å². The van der Waals surface area contributed by atoms with Gasteiger partial charge in [0.2, 0.25) is 0 Å². The third-order valence-electron chi connectivity index (χ3n) is 6.36. The van der Waals surface area contributed by atoms with E-state index in [2.05, 4.69) is 49.3 Å². The first-order chi connectivity index (χ1) is 17.2. The fraction of sp³-hybridized carbons (Fsp3) is 0.241. The van der Waals surface area contributed by atoms with E-state index in [-0.39, 0.29) is 0 Å². The number of nitrogens with one attached hydrogen (secondary N) is 1. The first kappa shape index (κ1) is 23.9.